The molecule has 2 aliphatic heterocycles. The molecule has 8 nitrogen and oxygen atoms in total. The average molecular weight is 635 g/mol. The van der Waals surface area contributed by atoms with Crippen molar-refractivity contribution in [1.29, 1.82) is 0 Å². The van der Waals surface area contributed by atoms with Crippen molar-refractivity contribution < 1.29 is 38.1 Å². The Hall–Kier alpha value is -2.71. The summed E-state index contributed by atoms with van der Waals surface area (Å²) in [5, 5.41) is 0. The average Bonchev–Trinajstić information content (AvgIpc) is 3.61. The topological polar surface area (TPSA) is 97.4 Å². The third-order valence-corrected chi connectivity index (χ3v) is 13.4. The van der Waals surface area contributed by atoms with E-state index in [-0.39, 0.29) is 60.1 Å². The highest BCUT2D eigenvalue weighted by molar-refractivity contribution is 5.89. The Balaban J connectivity index is 1.22. The van der Waals surface area contributed by atoms with Gasteiger partial charge in [0.05, 0.1) is 11.7 Å². The van der Waals surface area contributed by atoms with Crippen molar-refractivity contribution in [3.63, 3.8) is 0 Å². The Morgan fingerprint density at radius 1 is 0.913 bits per heavy atom. The van der Waals surface area contributed by atoms with Gasteiger partial charge in [0.25, 0.3) is 0 Å². The molecule has 8 heteroatoms. The van der Waals surface area contributed by atoms with E-state index in [9.17, 15) is 14.4 Å². The number of rotatable bonds is 5. The zero-order valence-electron chi connectivity index (χ0n) is 28.2. The number of carbonyl (C=O) groups is 3. The third-order valence-electron chi connectivity index (χ3n) is 13.4. The first-order chi connectivity index (χ1) is 21.8. The molecule has 0 unspecified atom stereocenters. The molecule has 250 valence electrons. The summed E-state index contributed by atoms with van der Waals surface area (Å²) in [5.74, 6) is -0.245. The second-order valence-electron chi connectivity index (χ2n) is 15.9. The lowest BCUT2D eigenvalue weighted by Gasteiger charge is -2.61. The molecule has 5 fully saturated rings. The second-order valence-corrected chi connectivity index (χ2v) is 15.9. The predicted octanol–water partition coefficient (Wildman–Crippen LogP) is 6.81. The number of carbonyl (C=O) groups excluding carboxylic acids is 3. The molecular formula is C38H50O8. The number of esters is 3. The van der Waals surface area contributed by atoms with Crippen molar-refractivity contribution in [2.45, 2.75) is 123 Å². The van der Waals surface area contributed by atoms with Crippen LogP contribution in [-0.4, -0.2) is 54.2 Å². The van der Waals surface area contributed by atoms with E-state index in [4.69, 9.17) is 23.7 Å². The first-order valence-corrected chi connectivity index (χ1v) is 17.4. The molecule has 0 bridgehead atoms. The van der Waals surface area contributed by atoms with Crippen molar-refractivity contribution in [3.05, 3.63) is 47.5 Å². The number of ether oxygens (including phenoxy) is 5. The summed E-state index contributed by atoms with van der Waals surface area (Å²) in [6, 6.07) is 9.31. The van der Waals surface area contributed by atoms with Crippen LogP contribution in [0.15, 0.2) is 42.0 Å². The van der Waals surface area contributed by atoms with E-state index in [0.29, 0.717) is 23.3 Å². The van der Waals surface area contributed by atoms with E-state index >= 15 is 0 Å². The van der Waals surface area contributed by atoms with Crippen LogP contribution in [0.5, 0.6) is 0 Å². The summed E-state index contributed by atoms with van der Waals surface area (Å²) < 4.78 is 31.5. The van der Waals surface area contributed by atoms with E-state index in [1.165, 1.54) is 19.4 Å². The van der Waals surface area contributed by atoms with E-state index in [2.05, 4.69) is 26.8 Å². The zero-order valence-corrected chi connectivity index (χ0v) is 28.2. The second kappa shape index (κ2) is 11.2. The fraction of sp³-hybridized carbons (Fsp3) is 0.711. The van der Waals surface area contributed by atoms with Crippen molar-refractivity contribution in [2.24, 2.45) is 40.4 Å². The Morgan fingerprint density at radius 3 is 2.39 bits per heavy atom. The predicted molar refractivity (Wildman–Crippen MR) is 169 cm³/mol. The molecular weight excluding hydrogens is 584 g/mol. The first kappa shape index (κ1) is 31.9. The van der Waals surface area contributed by atoms with E-state index in [1.807, 2.05) is 37.3 Å². The molecule has 0 amide bonds. The molecule has 6 aliphatic rings. The summed E-state index contributed by atoms with van der Waals surface area (Å²) in [7, 11) is 0. The smallest absolute Gasteiger partial charge is 0.338 e. The Morgan fingerprint density at radius 2 is 1.67 bits per heavy atom. The number of fused-ring (bicyclic) bond motifs is 7. The lowest BCUT2D eigenvalue weighted by Crippen LogP contribution is -2.58. The molecule has 2 saturated heterocycles. The van der Waals surface area contributed by atoms with Gasteiger partial charge in [-0.3, -0.25) is 9.59 Å². The third kappa shape index (κ3) is 4.96. The molecule has 1 spiro atoms. The van der Waals surface area contributed by atoms with Crippen LogP contribution in [0.1, 0.15) is 103 Å². The standard InChI is InChI=1S/C38H50O8/c1-22-33-31(45-38(22)17-16-35(4,46-38)21-42-23(2)39)19-30-28-13-12-26-18-27(43-24(3)40)14-15-36(26,5)29(28)20-32(37(30,33)6)44-34(41)25-10-8-7-9-11-25/h7-11,19,22,26-29,31-33H,12-18,20-21H2,1-6H3/t22-,26-,27-,28+,29-,31-,32-,33-,35+,36-,37+,38-/m0/s1. The Bertz CT molecular complexity index is 1420. The minimum atomic E-state index is -0.779. The minimum Gasteiger partial charge on any atom is -0.463 e. The van der Waals surface area contributed by atoms with Crippen LogP contribution in [0, 0.1) is 40.4 Å². The quantitative estimate of drug-likeness (QED) is 0.198. The summed E-state index contributed by atoms with van der Waals surface area (Å²) >= 11 is 0. The van der Waals surface area contributed by atoms with Crippen molar-refractivity contribution in [1.82, 2.24) is 0 Å². The highest BCUT2D eigenvalue weighted by Crippen LogP contribution is 2.70. The largest absolute Gasteiger partial charge is 0.463 e. The molecule has 0 radical (unpaired) electrons. The van der Waals surface area contributed by atoms with Gasteiger partial charge in [0.2, 0.25) is 0 Å². The van der Waals surface area contributed by atoms with Crippen LogP contribution in [0.2, 0.25) is 0 Å². The normalized spacial score (nSPS) is 45.6. The van der Waals surface area contributed by atoms with Gasteiger partial charge in [-0.15, -0.1) is 0 Å². The summed E-state index contributed by atoms with van der Waals surface area (Å²) in [4.78, 5) is 37.2. The summed E-state index contributed by atoms with van der Waals surface area (Å²) in [6.45, 7) is 12.1. The van der Waals surface area contributed by atoms with E-state index in [1.54, 1.807) is 0 Å². The zero-order chi connectivity index (χ0) is 32.6. The molecule has 46 heavy (non-hydrogen) atoms. The highest BCUT2D eigenvalue weighted by Gasteiger charge is 2.71. The van der Waals surface area contributed by atoms with Gasteiger partial charge in [-0.1, -0.05) is 50.6 Å². The SMILES string of the molecule is CC(=O)OC[C@@]1(C)CC[C@]2(O[C@H]3C=C4[C@@H]5CC[C@H]6C[C@@H](OC(C)=O)CC[C@]6(C)[C@H]5C[C@H](OC(=O)c5ccccc5)[C@]4(C)[C@H]3[C@@H]2C)O1. The summed E-state index contributed by atoms with van der Waals surface area (Å²) in [5.41, 5.74) is 1.01. The summed E-state index contributed by atoms with van der Waals surface area (Å²) in [6.07, 6.45) is 9.13. The molecule has 3 saturated carbocycles. The molecule has 1 aromatic rings. The van der Waals surface area contributed by atoms with Crippen LogP contribution in [-0.2, 0) is 33.3 Å². The van der Waals surface area contributed by atoms with Crippen LogP contribution < -0.4 is 0 Å². The molecule has 0 N–H and O–H groups in total. The maximum atomic E-state index is 13.8. The van der Waals surface area contributed by atoms with Crippen LogP contribution >= 0.6 is 0 Å². The van der Waals surface area contributed by atoms with Crippen molar-refractivity contribution >= 4 is 17.9 Å². The van der Waals surface area contributed by atoms with Gasteiger partial charge in [-0.25, -0.2) is 4.79 Å². The van der Waals surface area contributed by atoms with Gasteiger partial charge in [0.1, 0.15) is 24.4 Å². The van der Waals surface area contributed by atoms with Gasteiger partial charge in [-0.2, -0.15) is 0 Å². The molecule has 4 aliphatic carbocycles. The fourth-order valence-corrected chi connectivity index (χ4v) is 11.1. The van der Waals surface area contributed by atoms with Gasteiger partial charge < -0.3 is 23.7 Å². The van der Waals surface area contributed by atoms with Crippen LogP contribution in [0.4, 0.5) is 0 Å². The first-order valence-electron chi connectivity index (χ1n) is 17.4. The fourth-order valence-electron chi connectivity index (χ4n) is 11.1. The molecule has 0 aromatic heterocycles. The number of benzene rings is 1. The van der Waals surface area contributed by atoms with Gasteiger partial charge in [-0.05, 0) is 87.2 Å². The monoisotopic (exact) mass is 634 g/mol. The van der Waals surface area contributed by atoms with E-state index < -0.39 is 16.8 Å². The number of hydrogen-bond acceptors (Lipinski definition) is 8. The van der Waals surface area contributed by atoms with Gasteiger partial charge >= 0.3 is 17.9 Å². The molecule has 12 atom stereocenters. The minimum absolute atomic E-state index is 0.0128. The van der Waals surface area contributed by atoms with Crippen molar-refractivity contribution in [3.8, 4) is 0 Å². The van der Waals surface area contributed by atoms with Crippen molar-refractivity contribution in [2.75, 3.05) is 6.61 Å². The van der Waals surface area contributed by atoms with Crippen LogP contribution in [0.25, 0.3) is 0 Å². The highest BCUT2D eigenvalue weighted by atomic mass is 16.7. The number of hydrogen-bond donors (Lipinski definition) is 0. The maximum Gasteiger partial charge on any atom is 0.338 e. The Labute approximate surface area is 272 Å². The van der Waals surface area contributed by atoms with Gasteiger partial charge in [0.15, 0.2) is 5.79 Å². The van der Waals surface area contributed by atoms with E-state index in [0.717, 1.165) is 51.4 Å². The lowest BCUT2D eigenvalue weighted by molar-refractivity contribution is -0.256. The lowest BCUT2D eigenvalue weighted by atomic mass is 9.45. The molecule has 2 heterocycles. The van der Waals surface area contributed by atoms with Gasteiger partial charge in [0, 0.05) is 37.5 Å². The van der Waals surface area contributed by atoms with Crippen LogP contribution in [0.3, 0.4) is 0 Å². The maximum absolute atomic E-state index is 13.8. The molecule has 7 rings (SSSR count). The Kier molecular flexibility index (Phi) is 7.75. The molecule has 1 aromatic carbocycles.